The lowest BCUT2D eigenvalue weighted by Crippen LogP contribution is -2.50. The summed E-state index contributed by atoms with van der Waals surface area (Å²) in [6.45, 7) is 7.49. The Labute approximate surface area is 126 Å². The molecular formula is C15H22N2O3S. The van der Waals surface area contributed by atoms with Crippen LogP contribution in [0, 0.1) is 0 Å². The van der Waals surface area contributed by atoms with Crippen molar-refractivity contribution in [3.63, 3.8) is 0 Å². The largest absolute Gasteiger partial charge is 0.336 e. The SMILES string of the molecule is CC(C)N1CCN(C(=O)c2ccc(S(C)(=O)=O)cc2)CC1. The van der Waals surface area contributed by atoms with Crippen molar-refractivity contribution in [2.45, 2.75) is 24.8 Å². The van der Waals surface area contributed by atoms with Crippen molar-refractivity contribution in [2.24, 2.45) is 0 Å². The van der Waals surface area contributed by atoms with E-state index in [0.29, 0.717) is 24.7 Å². The van der Waals surface area contributed by atoms with E-state index in [2.05, 4.69) is 18.7 Å². The van der Waals surface area contributed by atoms with Crippen LogP contribution in [-0.4, -0.2) is 62.6 Å². The molecule has 2 rings (SSSR count). The van der Waals surface area contributed by atoms with E-state index in [1.54, 1.807) is 12.1 Å². The number of piperazine rings is 1. The highest BCUT2D eigenvalue weighted by molar-refractivity contribution is 7.90. The van der Waals surface area contributed by atoms with Crippen molar-refractivity contribution in [1.29, 1.82) is 0 Å². The van der Waals surface area contributed by atoms with Gasteiger partial charge in [0.1, 0.15) is 0 Å². The predicted octanol–water partition coefficient (Wildman–Crippen LogP) is 1.26. The molecule has 6 heteroatoms. The quantitative estimate of drug-likeness (QED) is 0.843. The molecule has 1 aromatic rings. The highest BCUT2D eigenvalue weighted by Gasteiger charge is 2.23. The van der Waals surface area contributed by atoms with Crippen LogP contribution in [0.15, 0.2) is 29.2 Å². The molecule has 1 aliphatic rings. The van der Waals surface area contributed by atoms with Crippen LogP contribution in [0.5, 0.6) is 0 Å². The zero-order valence-electron chi connectivity index (χ0n) is 12.7. The molecule has 0 spiro atoms. The molecule has 1 fully saturated rings. The average molecular weight is 310 g/mol. The van der Waals surface area contributed by atoms with Gasteiger partial charge in [-0.3, -0.25) is 9.69 Å². The number of rotatable bonds is 3. The van der Waals surface area contributed by atoms with E-state index in [4.69, 9.17) is 0 Å². The molecule has 0 aliphatic carbocycles. The summed E-state index contributed by atoms with van der Waals surface area (Å²) in [6, 6.07) is 6.66. The number of hydrogen-bond acceptors (Lipinski definition) is 4. The predicted molar refractivity (Wildman–Crippen MR) is 82.2 cm³/mol. The van der Waals surface area contributed by atoms with Gasteiger partial charge in [-0.15, -0.1) is 0 Å². The Balaban J connectivity index is 2.04. The Hall–Kier alpha value is -1.40. The fourth-order valence-corrected chi connectivity index (χ4v) is 3.10. The number of carbonyl (C=O) groups is 1. The lowest BCUT2D eigenvalue weighted by atomic mass is 10.1. The van der Waals surface area contributed by atoms with Gasteiger partial charge in [0.15, 0.2) is 9.84 Å². The number of nitrogens with zero attached hydrogens (tertiary/aromatic N) is 2. The van der Waals surface area contributed by atoms with Crippen molar-refractivity contribution in [1.82, 2.24) is 9.80 Å². The van der Waals surface area contributed by atoms with Gasteiger partial charge in [0.2, 0.25) is 0 Å². The molecule has 5 nitrogen and oxygen atoms in total. The van der Waals surface area contributed by atoms with Crippen LogP contribution in [-0.2, 0) is 9.84 Å². The first-order valence-electron chi connectivity index (χ1n) is 7.12. The van der Waals surface area contributed by atoms with E-state index in [9.17, 15) is 13.2 Å². The third-order valence-electron chi connectivity index (χ3n) is 3.86. The van der Waals surface area contributed by atoms with Crippen LogP contribution in [0.3, 0.4) is 0 Å². The minimum Gasteiger partial charge on any atom is -0.336 e. The van der Waals surface area contributed by atoms with Gasteiger partial charge in [-0.1, -0.05) is 0 Å². The summed E-state index contributed by atoms with van der Waals surface area (Å²) in [4.78, 5) is 16.8. The Morgan fingerprint density at radius 3 is 2.00 bits per heavy atom. The Morgan fingerprint density at radius 2 is 1.57 bits per heavy atom. The van der Waals surface area contributed by atoms with Crippen molar-refractivity contribution in [2.75, 3.05) is 32.4 Å². The van der Waals surface area contributed by atoms with Gasteiger partial charge in [-0.2, -0.15) is 0 Å². The van der Waals surface area contributed by atoms with Crippen LogP contribution >= 0.6 is 0 Å². The van der Waals surface area contributed by atoms with Gasteiger partial charge < -0.3 is 4.90 Å². The maximum absolute atomic E-state index is 12.4. The summed E-state index contributed by atoms with van der Waals surface area (Å²) in [5.74, 6) is -0.0292. The summed E-state index contributed by atoms with van der Waals surface area (Å²) >= 11 is 0. The topological polar surface area (TPSA) is 57.7 Å². The molecule has 116 valence electrons. The highest BCUT2D eigenvalue weighted by atomic mass is 32.2. The normalized spacial score (nSPS) is 17.2. The molecule has 1 amide bonds. The standard InChI is InChI=1S/C15H22N2O3S/c1-12(2)16-8-10-17(11-9-16)15(18)13-4-6-14(7-5-13)21(3,19)20/h4-7,12H,8-11H2,1-3H3. The summed E-state index contributed by atoms with van der Waals surface area (Å²) in [5, 5.41) is 0. The molecule has 1 aliphatic heterocycles. The molecule has 1 aromatic carbocycles. The monoisotopic (exact) mass is 310 g/mol. The average Bonchev–Trinajstić information content (AvgIpc) is 2.46. The Bertz CT molecular complexity index is 600. The maximum atomic E-state index is 12.4. The molecule has 1 heterocycles. The lowest BCUT2D eigenvalue weighted by molar-refractivity contribution is 0.0595. The zero-order chi connectivity index (χ0) is 15.6. The number of hydrogen-bond donors (Lipinski definition) is 0. The second-order valence-corrected chi connectivity index (χ2v) is 7.73. The van der Waals surface area contributed by atoms with Crippen LogP contribution in [0.4, 0.5) is 0 Å². The van der Waals surface area contributed by atoms with Crippen LogP contribution in [0.25, 0.3) is 0 Å². The van der Waals surface area contributed by atoms with Crippen LogP contribution in [0.2, 0.25) is 0 Å². The smallest absolute Gasteiger partial charge is 0.253 e. The van der Waals surface area contributed by atoms with E-state index < -0.39 is 9.84 Å². The highest BCUT2D eigenvalue weighted by Crippen LogP contribution is 2.14. The number of carbonyl (C=O) groups excluding carboxylic acids is 1. The van der Waals surface area contributed by atoms with E-state index in [1.165, 1.54) is 12.1 Å². The minimum absolute atomic E-state index is 0.0292. The molecule has 1 saturated heterocycles. The third kappa shape index (κ3) is 3.83. The van der Waals surface area contributed by atoms with Crippen molar-refractivity contribution in [3.8, 4) is 0 Å². The second kappa shape index (κ2) is 6.15. The van der Waals surface area contributed by atoms with E-state index in [1.807, 2.05) is 4.90 Å². The molecule has 0 radical (unpaired) electrons. The van der Waals surface area contributed by atoms with Crippen molar-refractivity contribution in [3.05, 3.63) is 29.8 Å². The first-order valence-corrected chi connectivity index (χ1v) is 9.01. The van der Waals surface area contributed by atoms with Gasteiger partial charge in [-0.05, 0) is 38.1 Å². The van der Waals surface area contributed by atoms with Gasteiger partial charge in [0.25, 0.3) is 5.91 Å². The zero-order valence-corrected chi connectivity index (χ0v) is 13.6. The first-order chi connectivity index (χ1) is 9.79. The summed E-state index contributed by atoms with van der Waals surface area (Å²) in [5.41, 5.74) is 0.542. The fraction of sp³-hybridized carbons (Fsp3) is 0.533. The maximum Gasteiger partial charge on any atom is 0.253 e. The fourth-order valence-electron chi connectivity index (χ4n) is 2.47. The third-order valence-corrected chi connectivity index (χ3v) is 4.99. The summed E-state index contributed by atoms with van der Waals surface area (Å²) in [7, 11) is -3.22. The van der Waals surface area contributed by atoms with Crippen molar-refractivity contribution < 1.29 is 13.2 Å². The first kappa shape index (κ1) is 16.0. The Kier molecular flexibility index (Phi) is 4.68. The molecule has 0 saturated carbocycles. The molecule has 0 atom stereocenters. The van der Waals surface area contributed by atoms with Crippen LogP contribution in [0.1, 0.15) is 24.2 Å². The summed E-state index contributed by atoms with van der Waals surface area (Å²) in [6.07, 6.45) is 1.16. The van der Waals surface area contributed by atoms with Crippen LogP contribution < -0.4 is 0 Å². The minimum atomic E-state index is -3.22. The second-order valence-electron chi connectivity index (χ2n) is 5.72. The number of benzene rings is 1. The molecule has 0 bridgehead atoms. The number of sulfone groups is 1. The Morgan fingerprint density at radius 1 is 1.05 bits per heavy atom. The molecular weight excluding hydrogens is 288 g/mol. The number of amides is 1. The van der Waals surface area contributed by atoms with Gasteiger partial charge >= 0.3 is 0 Å². The van der Waals surface area contributed by atoms with E-state index >= 15 is 0 Å². The molecule has 0 unspecified atom stereocenters. The molecule has 0 aromatic heterocycles. The lowest BCUT2D eigenvalue weighted by Gasteiger charge is -2.37. The van der Waals surface area contributed by atoms with Crippen molar-refractivity contribution >= 4 is 15.7 Å². The van der Waals surface area contributed by atoms with E-state index in [-0.39, 0.29) is 10.8 Å². The van der Waals surface area contributed by atoms with Gasteiger partial charge in [-0.25, -0.2) is 8.42 Å². The van der Waals surface area contributed by atoms with E-state index in [0.717, 1.165) is 19.3 Å². The van der Waals surface area contributed by atoms with Gasteiger partial charge in [0.05, 0.1) is 4.90 Å². The summed E-state index contributed by atoms with van der Waals surface area (Å²) < 4.78 is 22.8. The molecule has 0 N–H and O–H groups in total. The molecule has 21 heavy (non-hydrogen) atoms. The van der Waals surface area contributed by atoms with Gasteiger partial charge in [0, 0.05) is 44.0 Å².